The molecule has 1 amide bonds. The van der Waals surface area contributed by atoms with E-state index in [2.05, 4.69) is 20.6 Å². The first kappa shape index (κ1) is 12.5. The zero-order chi connectivity index (χ0) is 14.4. The fraction of sp³-hybridized carbons (Fsp3) is 0.455. The van der Waals surface area contributed by atoms with Crippen molar-refractivity contribution in [3.8, 4) is 0 Å². The fourth-order valence-corrected chi connectivity index (χ4v) is 2.29. The molecule has 9 nitrogen and oxygen atoms in total. The number of aryl methyl sites for hydroxylation is 1. The minimum atomic E-state index is -0.432. The van der Waals surface area contributed by atoms with Crippen LogP contribution in [0.25, 0.3) is 11.2 Å². The summed E-state index contributed by atoms with van der Waals surface area (Å²) >= 11 is 0. The molecular weight excluding hydrogens is 264 g/mol. The van der Waals surface area contributed by atoms with Crippen LogP contribution in [0.15, 0.2) is 9.59 Å². The van der Waals surface area contributed by atoms with Crippen molar-refractivity contribution in [3.63, 3.8) is 0 Å². The number of nitrogens with one attached hydrogen (secondary N) is 3. The van der Waals surface area contributed by atoms with Gasteiger partial charge in [-0.1, -0.05) is 0 Å². The van der Waals surface area contributed by atoms with Crippen LogP contribution in [0.1, 0.15) is 6.42 Å². The normalized spacial score (nSPS) is 18.5. The zero-order valence-electron chi connectivity index (χ0n) is 11.1. The SMILES string of the molecule is Cn1c(=O)c2[nH]c(NC3CNC(=O)C3)nc2n(C)c1=O. The first-order chi connectivity index (χ1) is 9.47. The summed E-state index contributed by atoms with van der Waals surface area (Å²) in [5.74, 6) is 0.349. The number of hydrogen-bond donors (Lipinski definition) is 3. The van der Waals surface area contributed by atoms with Crippen LogP contribution in [0, 0.1) is 0 Å². The third-order valence-electron chi connectivity index (χ3n) is 3.41. The molecule has 0 aliphatic carbocycles. The summed E-state index contributed by atoms with van der Waals surface area (Å²) in [6, 6.07) is -0.0797. The van der Waals surface area contributed by atoms with Gasteiger partial charge in [-0.3, -0.25) is 18.7 Å². The van der Waals surface area contributed by atoms with Crippen LogP contribution in [0.3, 0.4) is 0 Å². The van der Waals surface area contributed by atoms with Crippen molar-refractivity contribution in [2.75, 3.05) is 11.9 Å². The average Bonchev–Trinajstić information content (AvgIpc) is 3.01. The van der Waals surface area contributed by atoms with E-state index in [1.807, 2.05) is 0 Å². The first-order valence-corrected chi connectivity index (χ1v) is 6.16. The first-order valence-electron chi connectivity index (χ1n) is 6.16. The predicted octanol–water partition coefficient (Wildman–Crippen LogP) is -1.74. The Labute approximate surface area is 112 Å². The summed E-state index contributed by atoms with van der Waals surface area (Å²) < 4.78 is 2.32. The van der Waals surface area contributed by atoms with Gasteiger partial charge in [0.25, 0.3) is 5.56 Å². The Kier molecular flexibility index (Phi) is 2.63. The molecule has 1 unspecified atom stereocenters. The molecule has 0 bridgehead atoms. The number of imidazole rings is 1. The van der Waals surface area contributed by atoms with Crippen LogP contribution in [-0.4, -0.2) is 37.6 Å². The molecule has 9 heteroatoms. The summed E-state index contributed by atoms with van der Waals surface area (Å²) in [6.45, 7) is 0.507. The summed E-state index contributed by atoms with van der Waals surface area (Å²) in [6.07, 6.45) is 0.355. The highest BCUT2D eigenvalue weighted by atomic mass is 16.2. The van der Waals surface area contributed by atoms with E-state index in [1.165, 1.54) is 11.6 Å². The molecule has 0 aromatic carbocycles. The van der Waals surface area contributed by atoms with Gasteiger partial charge < -0.3 is 15.6 Å². The van der Waals surface area contributed by atoms with Crippen LogP contribution in [-0.2, 0) is 18.9 Å². The van der Waals surface area contributed by atoms with Crippen molar-refractivity contribution in [2.24, 2.45) is 14.1 Å². The lowest BCUT2D eigenvalue weighted by molar-refractivity contribution is -0.119. The second kappa shape index (κ2) is 4.22. The van der Waals surface area contributed by atoms with E-state index in [0.29, 0.717) is 18.9 Å². The van der Waals surface area contributed by atoms with Gasteiger partial charge in [0, 0.05) is 27.1 Å². The van der Waals surface area contributed by atoms with Crippen molar-refractivity contribution in [3.05, 3.63) is 20.8 Å². The van der Waals surface area contributed by atoms with E-state index in [9.17, 15) is 14.4 Å². The summed E-state index contributed by atoms with van der Waals surface area (Å²) in [7, 11) is 2.97. The van der Waals surface area contributed by atoms with Crippen LogP contribution in [0.2, 0.25) is 0 Å². The summed E-state index contributed by atoms with van der Waals surface area (Å²) in [5, 5.41) is 5.74. The van der Waals surface area contributed by atoms with E-state index in [-0.39, 0.29) is 23.1 Å². The minimum absolute atomic E-state index is 0.0260. The molecular formula is C11H14N6O3. The number of aromatic nitrogens is 4. The average molecular weight is 278 g/mol. The van der Waals surface area contributed by atoms with Crippen molar-refractivity contribution >= 4 is 23.0 Å². The molecule has 3 heterocycles. The van der Waals surface area contributed by atoms with Crippen molar-refractivity contribution < 1.29 is 4.79 Å². The highest BCUT2D eigenvalue weighted by molar-refractivity contribution is 5.80. The van der Waals surface area contributed by atoms with Gasteiger partial charge in [-0.2, -0.15) is 4.98 Å². The second-order valence-electron chi connectivity index (χ2n) is 4.84. The molecule has 106 valence electrons. The lowest BCUT2D eigenvalue weighted by Gasteiger charge is -2.07. The van der Waals surface area contributed by atoms with Gasteiger partial charge in [-0.05, 0) is 0 Å². The van der Waals surface area contributed by atoms with Crippen LogP contribution < -0.4 is 21.9 Å². The van der Waals surface area contributed by atoms with Gasteiger partial charge in [-0.25, -0.2) is 4.79 Å². The number of hydrogen-bond acceptors (Lipinski definition) is 5. The Bertz CT molecular complexity index is 814. The highest BCUT2D eigenvalue weighted by Gasteiger charge is 2.22. The predicted molar refractivity (Wildman–Crippen MR) is 71.6 cm³/mol. The largest absolute Gasteiger partial charge is 0.354 e. The lowest BCUT2D eigenvalue weighted by atomic mass is 10.3. The molecule has 1 aliphatic rings. The molecule has 2 aromatic heterocycles. The Morgan fingerprint density at radius 3 is 2.65 bits per heavy atom. The lowest BCUT2D eigenvalue weighted by Crippen LogP contribution is -2.36. The molecule has 20 heavy (non-hydrogen) atoms. The maximum Gasteiger partial charge on any atom is 0.332 e. The Hall–Kier alpha value is -2.58. The number of carbonyl (C=O) groups is 1. The molecule has 1 fully saturated rings. The smallest absolute Gasteiger partial charge is 0.332 e. The van der Waals surface area contributed by atoms with Gasteiger partial charge >= 0.3 is 5.69 Å². The van der Waals surface area contributed by atoms with E-state index >= 15 is 0 Å². The van der Waals surface area contributed by atoms with Crippen LogP contribution >= 0.6 is 0 Å². The molecule has 0 saturated carbocycles. The minimum Gasteiger partial charge on any atom is -0.354 e. The van der Waals surface area contributed by atoms with E-state index in [4.69, 9.17) is 0 Å². The van der Waals surface area contributed by atoms with Crippen molar-refractivity contribution in [2.45, 2.75) is 12.5 Å². The number of carbonyl (C=O) groups excluding carboxylic acids is 1. The highest BCUT2D eigenvalue weighted by Crippen LogP contribution is 2.11. The van der Waals surface area contributed by atoms with Crippen molar-refractivity contribution in [1.82, 2.24) is 24.4 Å². The third kappa shape index (κ3) is 1.78. The quantitative estimate of drug-likeness (QED) is 0.603. The summed E-state index contributed by atoms with van der Waals surface area (Å²) in [4.78, 5) is 42.0. The molecule has 0 spiro atoms. The van der Waals surface area contributed by atoms with Gasteiger partial charge in [0.2, 0.25) is 11.9 Å². The van der Waals surface area contributed by atoms with E-state index < -0.39 is 11.2 Å². The molecule has 1 saturated heterocycles. The molecule has 2 aromatic rings. The Morgan fingerprint density at radius 1 is 1.25 bits per heavy atom. The van der Waals surface area contributed by atoms with Gasteiger partial charge in [0.1, 0.15) is 0 Å². The molecule has 0 radical (unpaired) electrons. The van der Waals surface area contributed by atoms with Gasteiger partial charge in [0.05, 0.1) is 6.04 Å². The maximum absolute atomic E-state index is 12.0. The zero-order valence-corrected chi connectivity index (χ0v) is 11.1. The monoisotopic (exact) mass is 278 g/mol. The Morgan fingerprint density at radius 2 is 2.00 bits per heavy atom. The fourth-order valence-electron chi connectivity index (χ4n) is 2.29. The standard InChI is InChI=1S/C11H14N6O3/c1-16-8-7(9(19)17(2)11(16)20)14-10(15-8)13-5-3-6(18)12-4-5/h5H,3-4H2,1-2H3,(H,12,18)(H2,13,14,15). The number of rotatable bonds is 2. The molecule has 1 aliphatic heterocycles. The number of aromatic amines is 1. The number of nitrogens with zero attached hydrogens (tertiary/aromatic N) is 3. The van der Waals surface area contributed by atoms with Crippen molar-refractivity contribution in [1.29, 1.82) is 0 Å². The number of anilines is 1. The van der Waals surface area contributed by atoms with Crippen LogP contribution in [0.4, 0.5) is 5.95 Å². The topological polar surface area (TPSA) is 114 Å². The third-order valence-corrected chi connectivity index (χ3v) is 3.41. The number of amides is 1. The van der Waals surface area contributed by atoms with E-state index in [0.717, 1.165) is 4.57 Å². The maximum atomic E-state index is 12.0. The summed E-state index contributed by atoms with van der Waals surface area (Å²) in [5.41, 5.74) is -0.310. The molecule has 3 N–H and O–H groups in total. The Balaban J connectivity index is 2.05. The van der Waals surface area contributed by atoms with Gasteiger partial charge in [0.15, 0.2) is 11.2 Å². The second-order valence-corrected chi connectivity index (χ2v) is 4.84. The molecule has 3 rings (SSSR count). The number of fused-ring (bicyclic) bond motifs is 1. The van der Waals surface area contributed by atoms with Gasteiger partial charge in [-0.15, -0.1) is 0 Å². The molecule has 1 atom stereocenters. The van der Waals surface area contributed by atoms with Crippen LogP contribution in [0.5, 0.6) is 0 Å². The van der Waals surface area contributed by atoms with E-state index in [1.54, 1.807) is 7.05 Å². The number of H-pyrrole nitrogens is 1.